The third kappa shape index (κ3) is 5.47. The second-order valence-corrected chi connectivity index (χ2v) is 4.94. The second kappa shape index (κ2) is 8.14. The number of hydrogen-bond donors (Lipinski definition) is 1. The van der Waals surface area contributed by atoms with E-state index in [-0.39, 0.29) is 24.1 Å². The average molecular weight is 322 g/mol. The van der Waals surface area contributed by atoms with Crippen molar-refractivity contribution in [1.82, 2.24) is 4.90 Å². The van der Waals surface area contributed by atoms with Crippen LogP contribution in [-0.4, -0.2) is 35.7 Å². The third-order valence-electron chi connectivity index (χ3n) is 3.38. The molecule has 1 aliphatic heterocycles. The SMILES string of the molecule is Cl.O=C(O)C1CCCN(Cc2cccc(OC(F)F)c2)C1. The van der Waals surface area contributed by atoms with Crippen LogP contribution in [0.1, 0.15) is 18.4 Å². The van der Waals surface area contributed by atoms with Crippen molar-refractivity contribution in [2.75, 3.05) is 13.1 Å². The molecule has 2 rings (SSSR count). The van der Waals surface area contributed by atoms with Crippen molar-refractivity contribution in [2.45, 2.75) is 26.0 Å². The van der Waals surface area contributed by atoms with Crippen LogP contribution in [0.5, 0.6) is 5.75 Å². The van der Waals surface area contributed by atoms with Crippen LogP contribution in [-0.2, 0) is 11.3 Å². The van der Waals surface area contributed by atoms with E-state index in [1.807, 2.05) is 11.0 Å². The fourth-order valence-electron chi connectivity index (χ4n) is 2.48. The first-order valence-corrected chi connectivity index (χ1v) is 6.53. The van der Waals surface area contributed by atoms with E-state index in [2.05, 4.69) is 4.74 Å². The van der Waals surface area contributed by atoms with E-state index in [1.165, 1.54) is 6.07 Å². The summed E-state index contributed by atoms with van der Waals surface area (Å²) in [6.07, 6.45) is 1.53. The number of carboxylic acid groups (broad SMARTS) is 1. The van der Waals surface area contributed by atoms with E-state index < -0.39 is 12.6 Å². The summed E-state index contributed by atoms with van der Waals surface area (Å²) < 4.78 is 28.7. The Kier molecular flexibility index (Phi) is 6.84. The van der Waals surface area contributed by atoms with Gasteiger partial charge in [0.15, 0.2) is 0 Å². The maximum atomic E-state index is 12.2. The van der Waals surface area contributed by atoms with Crippen LogP contribution >= 0.6 is 12.4 Å². The Labute approximate surface area is 128 Å². The van der Waals surface area contributed by atoms with Gasteiger partial charge in [0.05, 0.1) is 5.92 Å². The van der Waals surface area contributed by atoms with Crippen molar-refractivity contribution < 1.29 is 23.4 Å². The number of carbonyl (C=O) groups is 1. The maximum Gasteiger partial charge on any atom is 0.387 e. The molecule has 0 saturated carbocycles. The van der Waals surface area contributed by atoms with Gasteiger partial charge in [-0.3, -0.25) is 9.69 Å². The number of aliphatic carboxylic acids is 1. The van der Waals surface area contributed by atoms with Crippen LogP contribution in [0.4, 0.5) is 8.78 Å². The number of ether oxygens (including phenoxy) is 1. The molecule has 4 nitrogen and oxygen atoms in total. The Balaban J connectivity index is 0.00000220. The summed E-state index contributed by atoms with van der Waals surface area (Å²) in [5.41, 5.74) is 0.842. The molecular formula is C14H18ClF2NO3. The van der Waals surface area contributed by atoms with Gasteiger partial charge in [-0.1, -0.05) is 12.1 Å². The zero-order chi connectivity index (χ0) is 14.5. The molecule has 1 fully saturated rings. The zero-order valence-electron chi connectivity index (χ0n) is 11.4. The molecule has 0 aromatic heterocycles. The standard InChI is InChI=1S/C14H17F2NO3.ClH/c15-14(16)20-12-5-1-3-10(7-12)8-17-6-2-4-11(9-17)13(18)19;/h1,3,5,7,11,14H,2,4,6,8-9H2,(H,18,19);1H. The molecule has 0 bridgehead atoms. The highest BCUT2D eigenvalue weighted by Gasteiger charge is 2.25. The van der Waals surface area contributed by atoms with Gasteiger partial charge in [0.2, 0.25) is 0 Å². The van der Waals surface area contributed by atoms with Crippen molar-refractivity contribution >= 4 is 18.4 Å². The summed E-state index contributed by atoms with van der Waals surface area (Å²) in [6.45, 7) is -0.972. The number of rotatable bonds is 5. The fraction of sp³-hybridized carbons (Fsp3) is 0.500. The summed E-state index contributed by atoms with van der Waals surface area (Å²) in [6, 6.07) is 6.52. The Bertz CT molecular complexity index is 473. The molecule has 1 aliphatic rings. The monoisotopic (exact) mass is 321 g/mol. The minimum absolute atomic E-state index is 0. The Morgan fingerprint density at radius 2 is 2.24 bits per heavy atom. The molecule has 1 atom stereocenters. The number of piperidine rings is 1. The largest absolute Gasteiger partial charge is 0.481 e. The van der Waals surface area contributed by atoms with Gasteiger partial charge in [-0.05, 0) is 37.1 Å². The first kappa shape index (κ1) is 17.7. The van der Waals surface area contributed by atoms with Crippen molar-refractivity contribution in [1.29, 1.82) is 0 Å². The summed E-state index contributed by atoms with van der Waals surface area (Å²) in [7, 11) is 0. The number of nitrogens with zero attached hydrogens (tertiary/aromatic N) is 1. The van der Waals surface area contributed by atoms with E-state index in [0.717, 1.165) is 18.5 Å². The summed E-state index contributed by atoms with van der Waals surface area (Å²) >= 11 is 0. The highest BCUT2D eigenvalue weighted by atomic mass is 35.5. The molecule has 1 aromatic carbocycles. The summed E-state index contributed by atoms with van der Waals surface area (Å²) in [5.74, 6) is -0.988. The van der Waals surface area contributed by atoms with Crippen LogP contribution in [0.25, 0.3) is 0 Å². The normalized spacial score (nSPS) is 19.1. The van der Waals surface area contributed by atoms with Gasteiger partial charge in [-0.15, -0.1) is 12.4 Å². The molecule has 1 unspecified atom stereocenters. The lowest BCUT2D eigenvalue weighted by molar-refractivity contribution is -0.143. The predicted octanol–water partition coefficient (Wildman–Crippen LogP) is 3.01. The molecule has 1 N–H and O–H groups in total. The fourth-order valence-corrected chi connectivity index (χ4v) is 2.48. The minimum atomic E-state index is -2.84. The van der Waals surface area contributed by atoms with Gasteiger partial charge < -0.3 is 9.84 Å². The molecule has 1 saturated heterocycles. The number of alkyl halides is 2. The molecule has 0 amide bonds. The van der Waals surface area contributed by atoms with Crippen molar-refractivity contribution in [3.8, 4) is 5.75 Å². The first-order chi connectivity index (χ1) is 9.54. The number of halogens is 3. The lowest BCUT2D eigenvalue weighted by atomic mass is 9.98. The van der Waals surface area contributed by atoms with E-state index in [1.54, 1.807) is 12.1 Å². The quantitative estimate of drug-likeness (QED) is 0.905. The number of carboxylic acids is 1. The Hall–Kier alpha value is -1.40. The zero-order valence-corrected chi connectivity index (χ0v) is 12.2. The average Bonchev–Trinajstić information content (AvgIpc) is 2.38. The second-order valence-electron chi connectivity index (χ2n) is 4.94. The molecule has 0 aliphatic carbocycles. The van der Waals surface area contributed by atoms with Gasteiger partial charge in [-0.2, -0.15) is 8.78 Å². The van der Waals surface area contributed by atoms with E-state index in [0.29, 0.717) is 19.5 Å². The number of benzene rings is 1. The molecule has 118 valence electrons. The van der Waals surface area contributed by atoms with E-state index in [9.17, 15) is 13.6 Å². The lowest BCUT2D eigenvalue weighted by Crippen LogP contribution is -2.38. The van der Waals surface area contributed by atoms with Gasteiger partial charge in [0.25, 0.3) is 0 Å². The molecule has 21 heavy (non-hydrogen) atoms. The molecule has 1 heterocycles. The van der Waals surface area contributed by atoms with Crippen molar-refractivity contribution in [3.05, 3.63) is 29.8 Å². The van der Waals surface area contributed by atoms with Gasteiger partial charge in [-0.25, -0.2) is 0 Å². The summed E-state index contributed by atoms with van der Waals surface area (Å²) in [5, 5.41) is 9.04. The van der Waals surface area contributed by atoms with Crippen molar-refractivity contribution in [2.24, 2.45) is 5.92 Å². The molecule has 0 spiro atoms. The van der Waals surface area contributed by atoms with Gasteiger partial charge in [0.1, 0.15) is 5.75 Å². The lowest BCUT2D eigenvalue weighted by Gasteiger charge is -2.30. The Morgan fingerprint density at radius 1 is 1.48 bits per heavy atom. The first-order valence-electron chi connectivity index (χ1n) is 6.53. The molecule has 1 aromatic rings. The Morgan fingerprint density at radius 3 is 2.90 bits per heavy atom. The molecular weight excluding hydrogens is 304 g/mol. The minimum Gasteiger partial charge on any atom is -0.481 e. The molecule has 0 radical (unpaired) electrons. The van der Waals surface area contributed by atoms with Crippen LogP contribution in [0.15, 0.2) is 24.3 Å². The third-order valence-corrected chi connectivity index (χ3v) is 3.38. The highest BCUT2D eigenvalue weighted by molar-refractivity contribution is 5.85. The van der Waals surface area contributed by atoms with E-state index in [4.69, 9.17) is 5.11 Å². The van der Waals surface area contributed by atoms with Crippen molar-refractivity contribution in [3.63, 3.8) is 0 Å². The summed E-state index contributed by atoms with van der Waals surface area (Å²) in [4.78, 5) is 13.0. The maximum absolute atomic E-state index is 12.2. The van der Waals surface area contributed by atoms with Crippen LogP contribution in [0, 0.1) is 5.92 Å². The number of likely N-dealkylation sites (tertiary alicyclic amines) is 1. The highest BCUT2D eigenvalue weighted by Crippen LogP contribution is 2.21. The van der Waals surface area contributed by atoms with Crippen LogP contribution < -0.4 is 4.74 Å². The van der Waals surface area contributed by atoms with E-state index >= 15 is 0 Å². The number of hydrogen-bond acceptors (Lipinski definition) is 3. The van der Waals surface area contributed by atoms with Gasteiger partial charge >= 0.3 is 12.6 Å². The topological polar surface area (TPSA) is 49.8 Å². The van der Waals surface area contributed by atoms with Gasteiger partial charge in [0, 0.05) is 13.1 Å². The van der Waals surface area contributed by atoms with Crippen LogP contribution in [0.2, 0.25) is 0 Å². The predicted molar refractivity (Wildman–Crippen MR) is 76.0 cm³/mol. The molecule has 7 heteroatoms. The smallest absolute Gasteiger partial charge is 0.387 e. The van der Waals surface area contributed by atoms with Crippen LogP contribution in [0.3, 0.4) is 0 Å².